The van der Waals surface area contributed by atoms with Gasteiger partial charge in [-0.1, -0.05) is 34.1 Å². The Kier molecular flexibility index (Phi) is 3.74. The van der Waals surface area contributed by atoms with E-state index >= 15 is 0 Å². The Labute approximate surface area is 123 Å². The zero-order chi connectivity index (χ0) is 13.2. The molecule has 0 atom stereocenters. The summed E-state index contributed by atoms with van der Waals surface area (Å²) in [5.41, 5.74) is 2.38. The molecule has 0 amide bonds. The van der Waals surface area contributed by atoms with Gasteiger partial charge in [0, 0.05) is 23.3 Å². The quantitative estimate of drug-likeness (QED) is 0.781. The average Bonchev–Trinajstić information content (AvgIpc) is 2.35. The van der Waals surface area contributed by atoms with Crippen LogP contribution < -0.4 is 4.90 Å². The van der Waals surface area contributed by atoms with Crippen LogP contribution in [0.15, 0.2) is 30.3 Å². The molecule has 3 heteroatoms. The standard InChI is InChI=1S/C16H19BrN2/c1-12-11-13-5-2-3-8-15(13)18-16(12)19(10-9-17)14-6-4-7-14/h2-3,5,8,11,14H,4,6-7,9-10H2,1H3. The lowest BCUT2D eigenvalue weighted by Crippen LogP contribution is -2.42. The number of rotatable bonds is 4. The number of anilines is 1. The van der Waals surface area contributed by atoms with Crippen molar-refractivity contribution in [2.45, 2.75) is 32.2 Å². The molecule has 0 radical (unpaired) electrons. The minimum Gasteiger partial charge on any atom is -0.353 e. The third kappa shape index (κ3) is 2.48. The van der Waals surface area contributed by atoms with Crippen LogP contribution >= 0.6 is 15.9 Å². The number of benzene rings is 1. The summed E-state index contributed by atoms with van der Waals surface area (Å²) in [5, 5.41) is 2.23. The second kappa shape index (κ2) is 5.49. The lowest BCUT2D eigenvalue weighted by atomic mass is 9.91. The van der Waals surface area contributed by atoms with Crippen molar-refractivity contribution in [2.24, 2.45) is 0 Å². The molecule has 1 aliphatic rings. The molecule has 1 fully saturated rings. The summed E-state index contributed by atoms with van der Waals surface area (Å²) in [5.74, 6) is 1.17. The highest BCUT2D eigenvalue weighted by Crippen LogP contribution is 2.31. The average molecular weight is 319 g/mol. The van der Waals surface area contributed by atoms with Gasteiger partial charge in [0.15, 0.2) is 0 Å². The van der Waals surface area contributed by atoms with Crippen LogP contribution in [0.3, 0.4) is 0 Å². The summed E-state index contributed by atoms with van der Waals surface area (Å²) in [6.45, 7) is 3.21. The number of alkyl halides is 1. The van der Waals surface area contributed by atoms with Gasteiger partial charge in [-0.05, 0) is 43.9 Å². The summed E-state index contributed by atoms with van der Waals surface area (Å²) in [4.78, 5) is 7.39. The highest BCUT2D eigenvalue weighted by molar-refractivity contribution is 9.09. The number of pyridine rings is 1. The van der Waals surface area contributed by atoms with Crippen molar-refractivity contribution in [1.29, 1.82) is 0 Å². The summed E-state index contributed by atoms with van der Waals surface area (Å²) in [6, 6.07) is 11.3. The zero-order valence-corrected chi connectivity index (χ0v) is 12.9. The van der Waals surface area contributed by atoms with Crippen molar-refractivity contribution in [2.75, 3.05) is 16.8 Å². The van der Waals surface area contributed by atoms with Crippen molar-refractivity contribution in [1.82, 2.24) is 4.98 Å². The molecule has 1 aromatic carbocycles. The molecule has 1 aliphatic carbocycles. The molecule has 2 nitrogen and oxygen atoms in total. The molecule has 1 heterocycles. The van der Waals surface area contributed by atoms with Crippen LogP contribution in [0.4, 0.5) is 5.82 Å². The van der Waals surface area contributed by atoms with Gasteiger partial charge in [0.05, 0.1) is 5.52 Å². The molecule has 1 aromatic heterocycles. The van der Waals surface area contributed by atoms with E-state index in [0.717, 1.165) is 17.4 Å². The predicted molar refractivity (Wildman–Crippen MR) is 85.3 cm³/mol. The van der Waals surface area contributed by atoms with E-state index in [9.17, 15) is 0 Å². The fourth-order valence-electron chi connectivity index (χ4n) is 2.75. The van der Waals surface area contributed by atoms with Gasteiger partial charge in [-0.3, -0.25) is 0 Å². The number of para-hydroxylation sites is 1. The van der Waals surface area contributed by atoms with E-state index in [2.05, 4.69) is 58.1 Å². The first-order valence-corrected chi connectivity index (χ1v) is 8.11. The van der Waals surface area contributed by atoms with Crippen molar-refractivity contribution < 1.29 is 0 Å². The minimum absolute atomic E-state index is 0.685. The van der Waals surface area contributed by atoms with Crippen molar-refractivity contribution in [3.63, 3.8) is 0 Å². The molecular weight excluding hydrogens is 300 g/mol. The first-order chi connectivity index (χ1) is 9.29. The molecule has 0 spiro atoms. The first kappa shape index (κ1) is 12.9. The predicted octanol–water partition coefficient (Wildman–Crippen LogP) is 4.30. The van der Waals surface area contributed by atoms with Gasteiger partial charge in [-0.25, -0.2) is 4.98 Å². The van der Waals surface area contributed by atoms with E-state index in [0.29, 0.717) is 6.04 Å². The van der Waals surface area contributed by atoms with E-state index in [1.54, 1.807) is 0 Å². The van der Waals surface area contributed by atoms with Crippen LogP contribution in [0.5, 0.6) is 0 Å². The van der Waals surface area contributed by atoms with Crippen LogP contribution in [0.25, 0.3) is 10.9 Å². The Hall–Kier alpha value is -1.09. The maximum atomic E-state index is 4.90. The largest absolute Gasteiger partial charge is 0.353 e. The Morgan fingerprint density at radius 3 is 2.79 bits per heavy atom. The number of aryl methyl sites for hydroxylation is 1. The van der Waals surface area contributed by atoms with Crippen LogP contribution in [-0.2, 0) is 0 Å². The van der Waals surface area contributed by atoms with Gasteiger partial charge < -0.3 is 4.90 Å². The van der Waals surface area contributed by atoms with Crippen molar-refractivity contribution in [3.8, 4) is 0 Å². The lowest BCUT2D eigenvalue weighted by Gasteiger charge is -2.39. The smallest absolute Gasteiger partial charge is 0.132 e. The monoisotopic (exact) mass is 318 g/mol. The molecule has 19 heavy (non-hydrogen) atoms. The molecule has 3 rings (SSSR count). The topological polar surface area (TPSA) is 16.1 Å². The summed E-state index contributed by atoms with van der Waals surface area (Å²) < 4.78 is 0. The molecule has 2 aromatic rings. The first-order valence-electron chi connectivity index (χ1n) is 6.98. The van der Waals surface area contributed by atoms with Crippen LogP contribution in [0.1, 0.15) is 24.8 Å². The molecule has 0 saturated heterocycles. The maximum absolute atomic E-state index is 4.90. The van der Waals surface area contributed by atoms with Crippen LogP contribution in [0.2, 0.25) is 0 Å². The van der Waals surface area contributed by atoms with E-state index in [1.165, 1.54) is 36.0 Å². The number of halogens is 1. The number of nitrogens with zero attached hydrogens (tertiary/aromatic N) is 2. The summed E-state index contributed by atoms with van der Waals surface area (Å²) in [6.07, 6.45) is 3.97. The minimum atomic E-state index is 0.685. The van der Waals surface area contributed by atoms with E-state index in [-0.39, 0.29) is 0 Å². The van der Waals surface area contributed by atoms with Crippen molar-refractivity contribution >= 4 is 32.7 Å². The van der Waals surface area contributed by atoms with Gasteiger partial charge in [-0.15, -0.1) is 0 Å². The molecule has 100 valence electrons. The third-order valence-electron chi connectivity index (χ3n) is 4.00. The molecule has 1 saturated carbocycles. The second-order valence-corrected chi connectivity index (χ2v) is 6.08. The Bertz CT molecular complexity index is 578. The highest BCUT2D eigenvalue weighted by atomic mass is 79.9. The summed E-state index contributed by atoms with van der Waals surface area (Å²) >= 11 is 3.57. The Balaban J connectivity index is 2.03. The van der Waals surface area contributed by atoms with Gasteiger partial charge in [-0.2, -0.15) is 0 Å². The number of aromatic nitrogens is 1. The molecule has 0 bridgehead atoms. The fourth-order valence-corrected chi connectivity index (χ4v) is 3.14. The Morgan fingerprint density at radius 1 is 1.32 bits per heavy atom. The molecule has 0 N–H and O–H groups in total. The SMILES string of the molecule is Cc1cc2ccccc2nc1N(CCBr)C1CCC1. The molecule has 0 unspecified atom stereocenters. The van der Waals surface area contributed by atoms with E-state index < -0.39 is 0 Å². The highest BCUT2D eigenvalue weighted by Gasteiger charge is 2.26. The maximum Gasteiger partial charge on any atom is 0.132 e. The number of fused-ring (bicyclic) bond motifs is 1. The van der Waals surface area contributed by atoms with Crippen LogP contribution in [-0.4, -0.2) is 22.9 Å². The van der Waals surface area contributed by atoms with Crippen molar-refractivity contribution in [3.05, 3.63) is 35.9 Å². The normalized spacial score (nSPS) is 15.5. The van der Waals surface area contributed by atoms with Crippen LogP contribution in [0, 0.1) is 6.92 Å². The lowest BCUT2D eigenvalue weighted by molar-refractivity contribution is 0.389. The zero-order valence-electron chi connectivity index (χ0n) is 11.3. The van der Waals surface area contributed by atoms with Gasteiger partial charge >= 0.3 is 0 Å². The number of hydrogen-bond donors (Lipinski definition) is 0. The Morgan fingerprint density at radius 2 is 2.11 bits per heavy atom. The fraction of sp³-hybridized carbons (Fsp3) is 0.438. The molecular formula is C16H19BrN2. The second-order valence-electron chi connectivity index (χ2n) is 5.29. The third-order valence-corrected chi connectivity index (χ3v) is 4.36. The van der Waals surface area contributed by atoms with Gasteiger partial charge in [0.2, 0.25) is 0 Å². The summed E-state index contributed by atoms with van der Waals surface area (Å²) in [7, 11) is 0. The van der Waals surface area contributed by atoms with E-state index in [4.69, 9.17) is 4.98 Å². The molecule has 0 aliphatic heterocycles. The number of hydrogen-bond acceptors (Lipinski definition) is 2. The van der Waals surface area contributed by atoms with Gasteiger partial charge in [0.1, 0.15) is 5.82 Å². The van der Waals surface area contributed by atoms with E-state index in [1.807, 2.05) is 0 Å². The van der Waals surface area contributed by atoms with Gasteiger partial charge in [0.25, 0.3) is 0 Å².